The second-order valence-corrected chi connectivity index (χ2v) is 5.38. The number of methoxy groups -OCH3 is 1. The molecule has 2 aromatic rings. The molecule has 0 unspecified atom stereocenters. The van der Waals surface area contributed by atoms with E-state index in [1.807, 2.05) is 24.3 Å². The Balaban J connectivity index is 1.89. The zero-order valence-electron chi connectivity index (χ0n) is 11.6. The smallest absolute Gasteiger partial charge is 0.248 e. The Morgan fingerprint density at radius 2 is 2.19 bits per heavy atom. The summed E-state index contributed by atoms with van der Waals surface area (Å²) in [5.41, 5.74) is 2.80. The highest BCUT2D eigenvalue weighted by Gasteiger charge is 2.27. The average molecular weight is 307 g/mol. The maximum absolute atomic E-state index is 12.0. The molecule has 0 saturated carbocycles. The van der Waals surface area contributed by atoms with E-state index in [1.54, 1.807) is 4.90 Å². The minimum absolute atomic E-state index is 0.0218. The quantitative estimate of drug-likeness (QED) is 0.874. The van der Waals surface area contributed by atoms with Crippen LogP contribution in [0.1, 0.15) is 11.3 Å². The summed E-state index contributed by atoms with van der Waals surface area (Å²) in [6.45, 7) is 1.23. The highest BCUT2D eigenvalue weighted by molar-refractivity contribution is 6.30. The highest BCUT2D eigenvalue weighted by atomic mass is 35.5. The number of rotatable bonds is 3. The molecule has 5 nitrogen and oxygen atoms in total. The molecule has 0 radical (unpaired) electrons. The Morgan fingerprint density at radius 1 is 1.43 bits per heavy atom. The molecule has 0 fully saturated rings. The lowest BCUT2D eigenvalue weighted by Crippen LogP contribution is -2.37. The number of halogens is 1. The fraction of sp³-hybridized carbons (Fsp3) is 0.333. The third-order valence-corrected chi connectivity index (χ3v) is 3.82. The van der Waals surface area contributed by atoms with E-state index >= 15 is 0 Å². The van der Waals surface area contributed by atoms with Crippen molar-refractivity contribution in [1.82, 2.24) is 10.1 Å². The van der Waals surface area contributed by atoms with E-state index in [-0.39, 0.29) is 12.5 Å². The van der Waals surface area contributed by atoms with Gasteiger partial charge in [0.1, 0.15) is 6.61 Å². The van der Waals surface area contributed by atoms with Crippen LogP contribution in [0, 0.1) is 0 Å². The van der Waals surface area contributed by atoms with Gasteiger partial charge in [0, 0.05) is 36.2 Å². The molecule has 21 heavy (non-hydrogen) atoms. The second kappa shape index (κ2) is 5.87. The third-order valence-electron chi connectivity index (χ3n) is 3.56. The number of nitrogens with zero attached hydrogens (tertiary/aromatic N) is 2. The van der Waals surface area contributed by atoms with Crippen molar-refractivity contribution in [1.29, 1.82) is 0 Å². The predicted molar refractivity (Wildman–Crippen MR) is 77.9 cm³/mol. The van der Waals surface area contributed by atoms with Gasteiger partial charge in [0.2, 0.25) is 5.91 Å². The number of hydrogen-bond acceptors (Lipinski definition) is 4. The highest BCUT2D eigenvalue weighted by Crippen LogP contribution is 2.31. The van der Waals surface area contributed by atoms with Gasteiger partial charge in [0.25, 0.3) is 0 Å². The van der Waals surface area contributed by atoms with Crippen molar-refractivity contribution < 1.29 is 14.1 Å². The van der Waals surface area contributed by atoms with Crippen molar-refractivity contribution in [3.05, 3.63) is 40.5 Å². The number of carbonyl (C=O) groups excluding carboxylic acids is 1. The number of benzene rings is 1. The fourth-order valence-electron chi connectivity index (χ4n) is 2.47. The van der Waals surface area contributed by atoms with Gasteiger partial charge in [-0.15, -0.1) is 0 Å². The SMILES string of the molecule is COCC(=O)N1CCc2noc(-c3ccc(Cl)cc3)c2C1. The number of amides is 1. The molecule has 0 saturated heterocycles. The summed E-state index contributed by atoms with van der Waals surface area (Å²) in [5, 5.41) is 4.79. The second-order valence-electron chi connectivity index (χ2n) is 4.94. The summed E-state index contributed by atoms with van der Waals surface area (Å²) in [6, 6.07) is 7.39. The molecule has 2 heterocycles. The predicted octanol–water partition coefficient (Wildman–Crippen LogP) is 2.53. The Hall–Kier alpha value is -1.85. The number of fused-ring (bicyclic) bond motifs is 1. The molecule has 1 aromatic carbocycles. The minimum Gasteiger partial charge on any atom is -0.375 e. The maximum Gasteiger partial charge on any atom is 0.248 e. The molecular formula is C15H15ClN2O3. The molecule has 1 aliphatic heterocycles. The average Bonchev–Trinajstić information content (AvgIpc) is 2.91. The van der Waals surface area contributed by atoms with Gasteiger partial charge in [-0.1, -0.05) is 16.8 Å². The van der Waals surface area contributed by atoms with Crippen molar-refractivity contribution in [2.75, 3.05) is 20.3 Å². The van der Waals surface area contributed by atoms with Crippen LogP contribution in [-0.2, 0) is 22.5 Å². The minimum atomic E-state index is -0.0218. The Bertz CT molecular complexity index is 651. The van der Waals surface area contributed by atoms with Crippen LogP contribution in [0.5, 0.6) is 0 Å². The lowest BCUT2D eigenvalue weighted by Gasteiger charge is -2.26. The van der Waals surface area contributed by atoms with Gasteiger partial charge in [-0.3, -0.25) is 4.79 Å². The summed E-state index contributed by atoms with van der Waals surface area (Å²) in [4.78, 5) is 13.7. The van der Waals surface area contributed by atoms with Gasteiger partial charge >= 0.3 is 0 Å². The summed E-state index contributed by atoms with van der Waals surface area (Å²) in [7, 11) is 1.52. The Morgan fingerprint density at radius 3 is 2.90 bits per heavy atom. The molecule has 1 aliphatic rings. The van der Waals surface area contributed by atoms with Crippen molar-refractivity contribution in [2.24, 2.45) is 0 Å². The van der Waals surface area contributed by atoms with Crippen LogP contribution in [0.15, 0.2) is 28.8 Å². The monoisotopic (exact) mass is 306 g/mol. The molecule has 110 valence electrons. The fourth-order valence-corrected chi connectivity index (χ4v) is 2.59. The van der Waals surface area contributed by atoms with E-state index in [9.17, 15) is 4.79 Å². The molecule has 0 N–H and O–H groups in total. The van der Waals surface area contributed by atoms with Crippen molar-refractivity contribution in [3.8, 4) is 11.3 Å². The molecule has 6 heteroatoms. The topological polar surface area (TPSA) is 55.6 Å². The zero-order valence-corrected chi connectivity index (χ0v) is 12.4. The molecule has 0 bridgehead atoms. The largest absolute Gasteiger partial charge is 0.375 e. The molecule has 0 atom stereocenters. The van der Waals surface area contributed by atoms with E-state index in [0.717, 1.165) is 16.8 Å². The van der Waals surface area contributed by atoms with E-state index < -0.39 is 0 Å². The summed E-state index contributed by atoms with van der Waals surface area (Å²) in [6.07, 6.45) is 0.696. The van der Waals surface area contributed by atoms with Crippen LogP contribution in [0.4, 0.5) is 0 Å². The first kappa shape index (κ1) is 14.1. The lowest BCUT2D eigenvalue weighted by molar-refractivity contribution is -0.136. The standard InChI is InChI=1S/C15H15ClN2O3/c1-20-9-14(19)18-7-6-13-12(8-18)15(21-17-13)10-2-4-11(16)5-3-10/h2-5H,6-9H2,1H3. The summed E-state index contributed by atoms with van der Waals surface area (Å²) >= 11 is 5.90. The first-order valence-corrected chi connectivity index (χ1v) is 7.07. The molecule has 1 amide bonds. The first-order valence-electron chi connectivity index (χ1n) is 6.69. The van der Waals surface area contributed by atoms with E-state index in [1.165, 1.54) is 7.11 Å². The Labute approximate surface area is 127 Å². The van der Waals surface area contributed by atoms with Crippen LogP contribution < -0.4 is 0 Å². The van der Waals surface area contributed by atoms with E-state index in [4.69, 9.17) is 20.9 Å². The van der Waals surface area contributed by atoms with E-state index in [0.29, 0.717) is 30.3 Å². The molecule has 3 rings (SSSR count). The van der Waals surface area contributed by atoms with Gasteiger partial charge in [-0.2, -0.15) is 0 Å². The summed E-state index contributed by atoms with van der Waals surface area (Å²) in [5.74, 6) is 0.683. The number of hydrogen-bond donors (Lipinski definition) is 0. The van der Waals surface area contributed by atoms with Gasteiger partial charge < -0.3 is 14.2 Å². The van der Waals surface area contributed by atoms with Crippen molar-refractivity contribution in [3.63, 3.8) is 0 Å². The van der Waals surface area contributed by atoms with Crippen molar-refractivity contribution in [2.45, 2.75) is 13.0 Å². The first-order chi connectivity index (χ1) is 10.2. The normalized spacial score (nSPS) is 14.1. The zero-order chi connectivity index (χ0) is 14.8. The molecule has 1 aromatic heterocycles. The van der Waals surface area contributed by atoms with Gasteiger partial charge in [0.15, 0.2) is 5.76 Å². The van der Waals surface area contributed by atoms with Gasteiger partial charge in [-0.25, -0.2) is 0 Å². The Kier molecular flexibility index (Phi) is 3.94. The number of ether oxygens (including phenoxy) is 1. The van der Waals surface area contributed by atoms with Crippen LogP contribution in [0.2, 0.25) is 5.02 Å². The summed E-state index contributed by atoms with van der Waals surface area (Å²) < 4.78 is 10.4. The third kappa shape index (κ3) is 2.80. The van der Waals surface area contributed by atoms with Crippen LogP contribution in [0.3, 0.4) is 0 Å². The van der Waals surface area contributed by atoms with Crippen LogP contribution in [-0.4, -0.2) is 36.2 Å². The number of carbonyl (C=O) groups is 1. The van der Waals surface area contributed by atoms with Crippen molar-refractivity contribution >= 4 is 17.5 Å². The van der Waals surface area contributed by atoms with Crippen LogP contribution in [0.25, 0.3) is 11.3 Å². The number of aromatic nitrogens is 1. The maximum atomic E-state index is 12.0. The van der Waals surface area contributed by atoms with Gasteiger partial charge in [0.05, 0.1) is 12.2 Å². The molecule has 0 spiro atoms. The van der Waals surface area contributed by atoms with Crippen LogP contribution >= 0.6 is 11.6 Å². The van der Waals surface area contributed by atoms with E-state index in [2.05, 4.69) is 5.16 Å². The molecule has 0 aliphatic carbocycles. The van der Waals surface area contributed by atoms with Gasteiger partial charge in [-0.05, 0) is 24.3 Å². The molecular weight excluding hydrogens is 292 g/mol. The lowest BCUT2D eigenvalue weighted by atomic mass is 10.0.